The van der Waals surface area contributed by atoms with Gasteiger partial charge in [-0.3, -0.25) is 4.79 Å². The Bertz CT molecular complexity index is 412. The fraction of sp³-hybridized carbons (Fsp3) is 0.357. The maximum atomic E-state index is 11.7. The summed E-state index contributed by atoms with van der Waals surface area (Å²) in [5, 5.41) is 3.06. The van der Waals surface area contributed by atoms with E-state index in [1.165, 1.54) is 0 Å². The lowest BCUT2D eigenvalue weighted by Crippen LogP contribution is -2.24. The number of carbonyl (C=O) groups excluding carboxylic acids is 1. The van der Waals surface area contributed by atoms with Gasteiger partial charge in [0.05, 0.1) is 13.2 Å². The van der Waals surface area contributed by atoms with Gasteiger partial charge >= 0.3 is 0 Å². The number of nitrogens with one attached hydrogen (secondary N) is 1. The van der Waals surface area contributed by atoms with Crippen molar-refractivity contribution in [1.82, 2.24) is 5.32 Å². The molecule has 0 unspecified atom stereocenters. The number of ether oxygens (including phenoxy) is 1. The molecule has 1 aromatic rings. The molecule has 0 radical (unpaired) electrons. The van der Waals surface area contributed by atoms with Crippen molar-refractivity contribution in [3.63, 3.8) is 0 Å². The van der Waals surface area contributed by atoms with Crippen LogP contribution in [0.2, 0.25) is 0 Å². The highest BCUT2D eigenvalue weighted by atomic mass is 35.5. The Morgan fingerprint density at radius 2 is 2.00 bits per heavy atom. The lowest BCUT2D eigenvalue weighted by atomic mass is 10.2. The van der Waals surface area contributed by atoms with Crippen LogP contribution < -0.4 is 10.1 Å². The van der Waals surface area contributed by atoms with Gasteiger partial charge in [-0.05, 0) is 30.2 Å². The van der Waals surface area contributed by atoms with E-state index in [4.69, 9.17) is 16.3 Å². The number of rotatable bonds is 6. The zero-order valence-corrected chi connectivity index (χ0v) is 11.5. The largest absolute Gasteiger partial charge is 0.493 e. The van der Waals surface area contributed by atoms with Gasteiger partial charge in [0.25, 0.3) is 5.91 Å². The molecule has 0 atom stereocenters. The van der Waals surface area contributed by atoms with Crippen molar-refractivity contribution in [3.8, 4) is 5.75 Å². The quantitative estimate of drug-likeness (QED) is 0.860. The molecule has 0 bridgehead atoms. The molecular weight excluding hydrogens is 250 g/mol. The molecule has 18 heavy (non-hydrogen) atoms. The molecule has 0 heterocycles. The van der Waals surface area contributed by atoms with Crippen LogP contribution in [-0.2, 0) is 0 Å². The molecule has 1 N–H and O–H groups in total. The van der Waals surface area contributed by atoms with Crippen molar-refractivity contribution in [1.29, 1.82) is 0 Å². The third kappa shape index (κ3) is 5.23. The minimum Gasteiger partial charge on any atom is -0.493 e. The zero-order chi connectivity index (χ0) is 13.5. The van der Waals surface area contributed by atoms with Gasteiger partial charge in [-0.2, -0.15) is 0 Å². The predicted octanol–water partition coefficient (Wildman–Crippen LogP) is 3.20. The number of hydrogen-bond acceptors (Lipinski definition) is 2. The Balaban J connectivity index is 2.53. The van der Waals surface area contributed by atoms with E-state index >= 15 is 0 Å². The van der Waals surface area contributed by atoms with Gasteiger partial charge in [0.1, 0.15) is 5.75 Å². The summed E-state index contributed by atoms with van der Waals surface area (Å²) in [5.74, 6) is 1.07. The van der Waals surface area contributed by atoms with Crippen molar-refractivity contribution in [2.75, 3.05) is 13.2 Å². The maximum absolute atomic E-state index is 11.7. The first-order valence-electron chi connectivity index (χ1n) is 5.83. The van der Waals surface area contributed by atoms with Gasteiger partial charge in [-0.15, -0.1) is 0 Å². The first kappa shape index (κ1) is 14.6. The summed E-state index contributed by atoms with van der Waals surface area (Å²) < 4.78 is 5.53. The Morgan fingerprint density at radius 3 is 2.50 bits per heavy atom. The highest BCUT2D eigenvalue weighted by Crippen LogP contribution is 2.13. The second-order valence-electron chi connectivity index (χ2n) is 4.43. The Kier molecular flexibility index (Phi) is 5.72. The van der Waals surface area contributed by atoms with Crippen LogP contribution in [0.25, 0.3) is 0 Å². The molecule has 0 aromatic heterocycles. The highest BCUT2D eigenvalue weighted by molar-refractivity contribution is 6.29. The summed E-state index contributed by atoms with van der Waals surface area (Å²) in [7, 11) is 0. The number of halogens is 1. The second-order valence-corrected chi connectivity index (χ2v) is 4.96. The lowest BCUT2D eigenvalue weighted by Gasteiger charge is -2.09. The van der Waals surface area contributed by atoms with Crippen molar-refractivity contribution >= 4 is 17.5 Å². The fourth-order valence-electron chi connectivity index (χ4n) is 1.24. The fourth-order valence-corrected chi connectivity index (χ4v) is 1.31. The van der Waals surface area contributed by atoms with E-state index in [9.17, 15) is 4.79 Å². The molecule has 0 saturated carbocycles. The molecule has 1 amide bonds. The molecule has 0 spiro atoms. The zero-order valence-electron chi connectivity index (χ0n) is 10.7. The van der Waals surface area contributed by atoms with Gasteiger partial charge in [0.15, 0.2) is 0 Å². The number of carbonyl (C=O) groups is 1. The van der Waals surface area contributed by atoms with Gasteiger partial charge in [-0.25, -0.2) is 0 Å². The molecule has 0 aliphatic heterocycles. The van der Waals surface area contributed by atoms with E-state index in [-0.39, 0.29) is 12.5 Å². The van der Waals surface area contributed by atoms with Crippen LogP contribution in [0.1, 0.15) is 24.2 Å². The molecular formula is C14H18ClNO2. The third-order valence-electron chi connectivity index (χ3n) is 2.14. The van der Waals surface area contributed by atoms with E-state index in [1.54, 1.807) is 24.3 Å². The average Bonchev–Trinajstić information content (AvgIpc) is 2.34. The Hall–Kier alpha value is -1.48. The summed E-state index contributed by atoms with van der Waals surface area (Å²) in [5.41, 5.74) is 0.574. The average molecular weight is 268 g/mol. The molecule has 4 heteroatoms. The number of amides is 1. The Labute approximate surface area is 113 Å². The first-order chi connectivity index (χ1) is 8.49. The lowest BCUT2D eigenvalue weighted by molar-refractivity contribution is 0.0957. The topological polar surface area (TPSA) is 38.3 Å². The van der Waals surface area contributed by atoms with Crippen LogP contribution in [0.5, 0.6) is 5.75 Å². The normalized spacial score (nSPS) is 10.2. The van der Waals surface area contributed by atoms with Crippen LogP contribution >= 0.6 is 11.6 Å². The SMILES string of the molecule is C=C(Cl)CNC(=O)c1ccc(OCC(C)C)cc1. The van der Waals surface area contributed by atoms with Crippen LogP contribution in [0.3, 0.4) is 0 Å². The van der Waals surface area contributed by atoms with Gasteiger partial charge in [0, 0.05) is 10.6 Å². The van der Waals surface area contributed by atoms with Crippen molar-refractivity contribution in [3.05, 3.63) is 41.4 Å². The molecule has 0 aliphatic rings. The number of hydrogen-bond donors (Lipinski definition) is 1. The summed E-state index contributed by atoms with van der Waals surface area (Å²) in [6.07, 6.45) is 0. The monoisotopic (exact) mass is 267 g/mol. The summed E-state index contributed by atoms with van der Waals surface area (Å²) in [4.78, 5) is 11.7. The molecule has 1 aromatic carbocycles. The van der Waals surface area contributed by atoms with E-state index in [2.05, 4.69) is 25.7 Å². The molecule has 3 nitrogen and oxygen atoms in total. The van der Waals surface area contributed by atoms with Crippen molar-refractivity contribution in [2.45, 2.75) is 13.8 Å². The van der Waals surface area contributed by atoms with E-state index < -0.39 is 0 Å². The van der Waals surface area contributed by atoms with Crippen molar-refractivity contribution in [2.24, 2.45) is 5.92 Å². The predicted molar refractivity (Wildman–Crippen MR) is 74.1 cm³/mol. The van der Waals surface area contributed by atoms with Crippen LogP contribution in [0, 0.1) is 5.92 Å². The molecule has 0 aliphatic carbocycles. The molecule has 1 rings (SSSR count). The van der Waals surface area contributed by atoms with E-state index in [0.717, 1.165) is 5.75 Å². The van der Waals surface area contributed by atoms with E-state index in [1.807, 2.05) is 0 Å². The molecule has 98 valence electrons. The second kappa shape index (κ2) is 7.07. The maximum Gasteiger partial charge on any atom is 0.251 e. The summed E-state index contributed by atoms with van der Waals surface area (Å²) in [6.45, 7) is 8.61. The van der Waals surface area contributed by atoms with Gasteiger partial charge in [-0.1, -0.05) is 32.0 Å². The third-order valence-corrected chi connectivity index (χ3v) is 2.27. The standard InChI is InChI=1S/C14H18ClNO2/c1-10(2)9-18-13-6-4-12(5-7-13)14(17)16-8-11(3)15/h4-7,10H,3,8-9H2,1-2H3,(H,16,17). The van der Waals surface area contributed by atoms with Crippen LogP contribution in [0.4, 0.5) is 0 Å². The Morgan fingerprint density at radius 1 is 1.39 bits per heavy atom. The summed E-state index contributed by atoms with van der Waals surface area (Å²) in [6, 6.07) is 7.02. The first-order valence-corrected chi connectivity index (χ1v) is 6.21. The summed E-state index contributed by atoms with van der Waals surface area (Å²) >= 11 is 5.58. The minimum absolute atomic E-state index is 0.174. The number of benzene rings is 1. The molecule has 0 fully saturated rings. The molecule has 0 saturated heterocycles. The highest BCUT2D eigenvalue weighted by Gasteiger charge is 2.05. The van der Waals surface area contributed by atoms with Gasteiger partial charge < -0.3 is 10.1 Å². The van der Waals surface area contributed by atoms with Crippen molar-refractivity contribution < 1.29 is 9.53 Å². The van der Waals surface area contributed by atoms with E-state index in [0.29, 0.717) is 23.1 Å². The van der Waals surface area contributed by atoms with Gasteiger partial charge in [0.2, 0.25) is 0 Å². The van der Waals surface area contributed by atoms with Crippen LogP contribution in [-0.4, -0.2) is 19.1 Å². The minimum atomic E-state index is -0.174. The van der Waals surface area contributed by atoms with Crippen LogP contribution in [0.15, 0.2) is 35.9 Å². The smallest absolute Gasteiger partial charge is 0.251 e.